The molecule has 0 atom stereocenters. The summed E-state index contributed by atoms with van der Waals surface area (Å²) in [6.45, 7) is 9.47. The van der Waals surface area contributed by atoms with Gasteiger partial charge in [0.05, 0.1) is 5.56 Å². The van der Waals surface area contributed by atoms with Crippen LogP contribution in [-0.2, 0) is 12.0 Å². The Morgan fingerprint density at radius 2 is 2.08 bits per heavy atom. The Balaban J connectivity index is 2.09. The van der Waals surface area contributed by atoms with Gasteiger partial charge in [-0.15, -0.1) is 11.3 Å². The smallest absolute Gasteiger partial charge is 0.282 e. The Kier molecular flexibility index (Phi) is 5.21. The van der Waals surface area contributed by atoms with E-state index in [1.54, 1.807) is 23.5 Å². The summed E-state index contributed by atoms with van der Waals surface area (Å²) in [7, 11) is 0. The molecule has 0 saturated heterocycles. The molecule has 25 heavy (non-hydrogen) atoms. The van der Waals surface area contributed by atoms with E-state index in [0.29, 0.717) is 10.7 Å². The SMILES string of the molecule is Cc1c(C(C)(C)C)sc(=NC(=O)c2cc(I)ccc2F)n1CC1CC1. The Morgan fingerprint density at radius 3 is 2.68 bits per heavy atom. The lowest BCUT2D eigenvalue weighted by Crippen LogP contribution is -2.20. The first-order chi connectivity index (χ1) is 11.7. The summed E-state index contributed by atoms with van der Waals surface area (Å²) in [6.07, 6.45) is 2.46. The molecule has 0 N–H and O–H groups in total. The van der Waals surface area contributed by atoms with Crippen molar-refractivity contribution in [3.63, 3.8) is 0 Å². The first kappa shape index (κ1) is 18.8. The number of carbonyl (C=O) groups excluding carboxylic acids is 1. The molecule has 0 spiro atoms. The molecule has 0 radical (unpaired) electrons. The fraction of sp³-hybridized carbons (Fsp3) is 0.474. The van der Waals surface area contributed by atoms with Crippen LogP contribution < -0.4 is 4.80 Å². The molecule has 134 valence electrons. The van der Waals surface area contributed by atoms with Crippen molar-refractivity contribution >= 4 is 39.8 Å². The first-order valence-corrected chi connectivity index (χ1v) is 10.3. The van der Waals surface area contributed by atoms with E-state index in [-0.39, 0.29) is 11.0 Å². The van der Waals surface area contributed by atoms with Gasteiger partial charge in [0.25, 0.3) is 5.91 Å². The molecule has 0 aliphatic heterocycles. The van der Waals surface area contributed by atoms with Crippen LogP contribution in [0.4, 0.5) is 4.39 Å². The van der Waals surface area contributed by atoms with Crippen molar-refractivity contribution in [2.24, 2.45) is 10.9 Å². The Labute approximate surface area is 165 Å². The second-order valence-electron chi connectivity index (χ2n) is 7.64. The van der Waals surface area contributed by atoms with Crippen LogP contribution in [-0.4, -0.2) is 10.5 Å². The standard InChI is InChI=1S/C19H22FIN2OS/c1-11-16(19(2,3)4)25-18(23(11)10-12-5-6-12)22-17(24)14-9-13(21)7-8-15(14)20/h7-9,12H,5-6,10H2,1-4H3. The largest absolute Gasteiger partial charge is 0.320 e. The number of amides is 1. The van der Waals surface area contributed by atoms with Gasteiger partial charge in [0.15, 0.2) is 4.80 Å². The zero-order chi connectivity index (χ0) is 18.4. The zero-order valence-corrected chi connectivity index (χ0v) is 17.9. The summed E-state index contributed by atoms with van der Waals surface area (Å²) < 4.78 is 17.0. The fourth-order valence-corrected chi connectivity index (χ4v) is 4.54. The Hall–Kier alpha value is -1.02. The van der Waals surface area contributed by atoms with Crippen molar-refractivity contribution in [1.29, 1.82) is 0 Å². The number of rotatable bonds is 3. The van der Waals surface area contributed by atoms with E-state index in [4.69, 9.17) is 0 Å². The molecule has 1 aromatic carbocycles. The number of hydrogen-bond acceptors (Lipinski definition) is 2. The van der Waals surface area contributed by atoms with Crippen molar-refractivity contribution in [1.82, 2.24) is 4.57 Å². The van der Waals surface area contributed by atoms with Crippen LogP contribution in [0.15, 0.2) is 23.2 Å². The zero-order valence-electron chi connectivity index (χ0n) is 14.9. The van der Waals surface area contributed by atoms with Gasteiger partial charge in [-0.1, -0.05) is 20.8 Å². The second-order valence-corrected chi connectivity index (χ2v) is 9.87. The highest BCUT2D eigenvalue weighted by molar-refractivity contribution is 14.1. The minimum atomic E-state index is -0.521. The molecule has 1 heterocycles. The third kappa shape index (κ3) is 4.22. The van der Waals surface area contributed by atoms with E-state index in [0.717, 1.165) is 10.1 Å². The predicted molar refractivity (Wildman–Crippen MR) is 107 cm³/mol. The Morgan fingerprint density at radius 1 is 1.40 bits per heavy atom. The van der Waals surface area contributed by atoms with Crippen molar-refractivity contribution in [2.45, 2.75) is 52.5 Å². The van der Waals surface area contributed by atoms with Crippen LogP contribution >= 0.6 is 33.9 Å². The maximum atomic E-state index is 14.0. The molecule has 1 aliphatic rings. The number of hydrogen-bond donors (Lipinski definition) is 0. The van der Waals surface area contributed by atoms with Crippen LogP contribution in [0.5, 0.6) is 0 Å². The highest BCUT2D eigenvalue weighted by Crippen LogP contribution is 2.33. The average Bonchev–Trinajstić information content (AvgIpc) is 3.28. The molecule has 3 rings (SSSR count). The van der Waals surface area contributed by atoms with Gasteiger partial charge in [-0.25, -0.2) is 4.39 Å². The van der Waals surface area contributed by atoms with Crippen LogP contribution in [0, 0.1) is 22.2 Å². The van der Waals surface area contributed by atoms with E-state index >= 15 is 0 Å². The van der Waals surface area contributed by atoms with Gasteiger partial charge >= 0.3 is 0 Å². The van der Waals surface area contributed by atoms with Gasteiger partial charge in [0, 0.05) is 20.7 Å². The minimum Gasteiger partial charge on any atom is -0.320 e. The maximum absolute atomic E-state index is 14.0. The maximum Gasteiger partial charge on any atom is 0.282 e. The Bertz CT molecular complexity index is 888. The fourth-order valence-electron chi connectivity index (χ4n) is 2.85. The summed E-state index contributed by atoms with van der Waals surface area (Å²) >= 11 is 3.62. The lowest BCUT2D eigenvalue weighted by atomic mass is 9.93. The number of carbonyl (C=O) groups is 1. The molecule has 2 aromatic rings. The van der Waals surface area contributed by atoms with Crippen molar-refractivity contribution < 1.29 is 9.18 Å². The van der Waals surface area contributed by atoms with Gasteiger partial charge in [0.1, 0.15) is 5.82 Å². The van der Waals surface area contributed by atoms with E-state index in [9.17, 15) is 9.18 Å². The second kappa shape index (κ2) is 6.95. The van der Waals surface area contributed by atoms with Gasteiger partial charge in [-0.3, -0.25) is 4.79 Å². The molecule has 1 aliphatic carbocycles. The molecule has 1 aromatic heterocycles. The number of thiazole rings is 1. The normalized spacial score (nSPS) is 15.7. The van der Waals surface area contributed by atoms with E-state index in [1.165, 1.54) is 29.5 Å². The van der Waals surface area contributed by atoms with Crippen LogP contribution in [0.1, 0.15) is 54.5 Å². The summed E-state index contributed by atoms with van der Waals surface area (Å²) in [6, 6.07) is 4.52. The number of aromatic nitrogens is 1. The number of benzene rings is 1. The molecule has 6 heteroatoms. The summed E-state index contributed by atoms with van der Waals surface area (Å²) in [5.41, 5.74) is 1.19. The van der Waals surface area contributed by atoms with Crippen molar-refractivity contribution in [3.05, 3.63) is 48.5 Å². The monoisotopic (exact) mass is 472 g/mol. The third-order valence-corrected chi connectivity index (χ3v) is 6.61. The van der Waals surface area contributed by atoms with E-state index < -0.39 is 11.7 Å². The lowest BCUT2D eigenvalue weighted by molar-refractivity contribution is 0.0993. The van der Waals surface area contributed by atoms with Gasteiger partial charge in [-0.2, -0.15) is 4.99 Å². The van der Waals surface area contributed by atoms with Crippen LogP contribution in [0.2, 0.25) is 0 Å². The quantitative estimate of drug-likeness (QED) is 0.576. The minimum absolute atomic E-state index is 0.00968. The molecule has 1 saturated carbocycles. The van der Waals surface area contributed by atoms with Crippen LogP contribution in [0.3, 0.4) is 0 Å². The molecule has 1 fully saturated rings. The van der Waals surface area contributed by atoms with Crippen molar-refractivity contribution in [2.75, 3.05) is 0 Å². The molecule has 3 nitrogen and oxygen atoms in total. The summed E-state index contributed by atoms with van der Waals surface area (Å²) in [4.78, 5) is 18.8. The average molecular weight is 472 g/mol. The topological polar surface area (TPSA) is 34.4 Å². The summed E-state index contributed by atoms with van der Waals surface area (Å²) in [5, 5.41) is 0. The van der Waals surface area contributed by atoms with Gasteiger partial charge in [-0.05, 0) is 71.9 Å². The molecule has 1 amide bonds. The molecule has 0 bridgehead atoms. The molecule has 0 unspecified atom stereocenters. The first-order valence-electron chi connectivity index (χ1n) is 8.41. The lowest BCUT2D eigenvalue weighted by Gasteiger charge is -2.17. The van der Waals surface area contributed by atoms with Gasteiger partial charge in [0.2, 0.25) is 0 Å². The third-order valence-electron chi connectivity index (χ3n) is 4.33. The highest BCUT2D eigenvalue weighted by Gasteiger charge is 2.27. The number of nitrogens with zero attached hydrogens (tertiary/aromatic N) is 2. The molecular formula is C19H22FIN2OS. The predicted octanol–water partition coefficient (Wildman–Crippen LogP) is 5.05. The van der Waals surface area contributed by atoms with E-state index in [1.807, 2.05) is 0 Å². The van der Waals surface area contributed by atoms with E-state index in [2.05, 4.69) is 59.8 Å². The number of halogens is 2. The van der Waals surface area contributed by atoms with Crippen molar-refractivity contribution in [3.8, 4) is 0 Å². The van der Waals surface area contributed by atoms with Crippen LogP contribution in [0.25, 0.3) is 0 Å². The highest BCUT2D eigenvalue weighted by atomic mass is 127. The molecular weight excluding hydrogens is 450 g/mol. The summed E-state index contributed by atoms with van der Waals surface area (Å²) in [5.74, 6) is -0.362. The van der Waals surface area contributed by atoms with Gasteiger partial charge < -0.3 is 4.57 Å².